The first-order chi connectivity index (χ1) is 8.80. The van der Waals surface area contributed by atoms with Gasteiger partial charge in [-0.3, -0.25) is 9.59 Å². The van der Waals surface area contributed by atoms with Crippen molar-refractivity contribution in [2.24, 2.45) is 11.1 Å². The van der Waals surface area contributed by atoms with Crippen molar-refractivity contribution in [3.8, 4) is 0 Å². The summed E-state index contributed by atoms with van der Waals surface area (Å²) in [5, 5.41) is 2.77. The number of nitrogens with one attached hydrogen (secondary N) is 1. The first kappa shape index (κ1) is 16.0. The van der Waals surface area contributed by atoms with Gasteiger partial charge in [-0.15, -0.1) is 0 Å². The fourth-order valence-electron chi connectivity index (χ4n) is 2.01. The molecule has 1 saturated heterocycles. The number of likely N-dealkylation sites (tertiary alicyclic amines) is 1. The van der Waals surface area contributed by atoms with Gasteiger partial charge in [0, 0.05) is 38.5 Å². The molecule has 5 heteroatoms. The minimum absolute atomic E-state index is 0.0725. The van der Waals surface area contributed by atoms with Gasteiger partial charge in [-0.05, 0) is 18.3 Å². The lowest BCUT2D eigenvalue weighted by Gasteiger charge is -2.26. The number of amides is 2. The van der Waals surface area contributed by atoms with Crippen LogP contribution in [0.1, 0.15) is 46.5 Å². The van der Waals surface area contributed by atoms with Gasteiger partial charge in [0.15, 0.2) is 0 Å². The molecule has 1 aliphatic heterocycles. The summed E-state index contributed by atoms with van der Waals surface area (Å²) in [6.07, 6.45) is 2.88. The lowest BCUT2D eigenvalue weighted by Crippen LogP contribution is -2.41. The quantitative estimate of drug-likeness (QED) is 0.778. The maximum Gasteiger partial charge on any atom is 0.224 e. The number of carbonyl (C=O) groups is 2. The molecule has 1 atom stereocenters. The molecule has 1 rings (SSSR count). The van der Waals surface area contributed by atoms with Gasteiger partial charge in [0.1, 0.15) is 0 Å². The van der Waals surface area contributed by atoms with E-state index in [1.165, 1.54) is 0 Å². The van der Waals surface area contributed by atoms with E-state index in [0.29, 0.717) is 19.4 Å². The SMILES string of the molecule is CC(C)(C)C(N)CC(=O)NCCC(=O)N1CCCC1. The molecular weight excluding hydrogens is 242 g/mol. The third-order valence-electron chi connectivity index (χ3n) is 3.64. The minimum Gasteiger partial charge on any atom is -0.356 e. The Hall–Kier alpha value is -1.10. The summed E-state index contributed by atoms with van der Waals surface area (Å²) >= 11 is 0. The summed E-state index contributed by atoms with van der Waals surface area (Å²) < 4.78 is 0. The van der Waals surface area contributed by atoms with Crippen molar-refractivity contribution < 1.29 is 9.59 Å². The van der Waals surface area contributed by atoms with Crippen LogP contribution in [0.2, 0.25) is 0 Å². The zero-order valence-corrected chi connectivity index (χ0v) is 12.4. The summed E-state index contributed by atoms with van der Waals surface area (Å²) in [6.45, 7) is 8.18. The van der Waals surface area contributed by atoms with Crippen molar-refractivity contribution in [2.45, 2.75) is 52.5 Å². The third-order valence-corrected chi connectivity index (χ3v) is 3.64. The van der Waals surface area contributed by atoms with Crippen molar-refractivity contribution in [1.82, 2.24) is 10.2 Å². The molecule has 110 valence electrons. The van der Waals surface area contributed by atoms with E-state index < -0.39 is 0 Å². The number of hydrogen-bond acceptors (Lipinski definition) is 3. The molecule has 1 heterocycles. The predicted octanol–water partition coefficient (Wildman–Crippen LogP) is 0.879. The smallest absolute Gasteiger partial charge is 0.224 e. The van der Waals surface area contributed by atoms with E-state index in [0.717, 1.165) is 25.9 Å². The summed E-state index contributed by atoms with van der Waals surface area (Å²) in [7, 11) is 0. The Balaban J connectivity index is 2.18. The molecule has 1 fully saturated rings. The topological polar surface area (TPSA) is 75.4 Å². The van der Waals surface area contributed by atoms with Crippen molar-refractivity contribution in [2.75, 3.05) is 19.6 Å². The Morgan fingerprint density at radius 2 is 1.84 bits per heavy atom. The van der Waals surface area contributed by atoms with Crippen LogP contribution in [0.5, 0.6) is 0 Å². The van der Waals surface area contributed by atoms with Gasteiger partial charge < -0.3 is 16.0 Å². The Bertz CT molecular complexity index is 317. The molecule has 1 unspecified atom stereocenters. The average molecular weight is 269 g/mol. The molecule has 5 nitrogen and oxygen atoms in total. The number of rotatable bonds is 5. The summed E-state index contributed by atoms with van der Waals surface area (Å²) in [5.41, 5.74) is 5.87. The first-order valence-corrected chi connectivity index (χ1v) is 7.11. The van der Waals surface area contributed by atoms with Crippen LogP contribution in [0, 0.1) is 5.41 Å². The molecular formula is C14H27N3O2. The normalized spacial score (nSPS) is 17.4. The molecule has 0 aliphatic carbocycles. The van der Waals surface area contributed by atoms with Crippen LogP contribution in [0.15, 0.2) is 0 Å². The van der Waals surface area contributed by atoms with Gasteiger partial charge in [-0.25, -0.2) is 0 Å². The highest BCUT2D eigenvalue weighted by Crippen LogP contribution is 2.19. The van der Waals surface area contributed by atoms with Crippen LogP contribution in [-0.2, 0) is 9.59 Å². The largest absolute Gasteiger partial charge is 0.356 e. The Labute approximate surface area is 115 Å². The molecule has 3 N–H and O–H groups in total. The van der Waals surface area contributed by atoms with Gasteiger partial charge in [0.05, 0.1) is 0 Å². The molecule has 0 bridgehead atoms. The fraction of sp³-hybridized carbons (Fsp3) is 0.857. The highest BCUT2D eigenvalue weighted by Gasteiger charge is 2.23. The first-order valence-electron chi connectivity index (χ1n) is 7.11. The second-order valence-electron chi connectivity index (χ2n) is 6.36. The van der Waals surface area contributed by atoms with E-state index in [4.69, 9.17) is 5.73 Å². The van der Waals surface area contributed by atoms with E-state index in [1.54, 1.807) is 0 Å². The summed E-state index contributed by atoms with van der Waals surface area (Å²) in [4.78, 5) is 25.3. The van der Waals surface area contributed by atoms with Crippen molar-refractivity contribution in [3.05, 3.63) is 0 Å². The number of nitrogens with zero attached hydrogens (tertiary/aromatic N) is 1. The summed E-state index contributed by atoms with van der Waals surface area (Å²) in [6, 6.07) is -0.165. The number of carbonyl (C=O) groups excluding carboxylic acids is 2. The van der Waals surface area contributed by atoms with E-state index in [-0.39, 0.29) is 23.3 Å². The molecule has 0 radical (unpaired) electrons. The number of nitrogens with two attached hydrogens (primary N) is 1. The van der Waals surface area contributed by atoms with Crippen LogP contribution in [0.3, 0.4) is 0 Å². The molecule has 0 spiro atoms. The van der Waals surface area contributed by atoms with Gasteiger partial charge in [-0.2, -0.15) is 0 Å². The van der Waals surface area contributed by atoms with E-state index >= 15 is 0 Å². The standard InChI is InChI=1S/C14H27N3O2/c1-14(2,3)11(15)10-12(18)16-7-6-13(19)17-8-4-5-9-17/h11H,4-10,15H2,1-3H3,(H,16,18). The molecule has 0 aromatic rings. The van der Waals surface area contributed by atoms with Crippen molar-refractivity contribution in [1.29, 1.82) is 0 Å². The maximum atomic E-state index is 11.8. The second-order valence-corrected chi connectivity index (χ2v) is 6.36. The lowest BCUT2D eigenvalue weighted by atomic mass is 9.85. The zero-order valence-electron chi connectivity index (χ0n) is 12.4. The van der Waals surface area contributed by atoms with Gasteiger partial charge in [-0.1, -0.05) is 20.8 Å². The Morgan fingerprint density at radius 3 is 2.37 bits per heavy atom. The molecule has 0 saturated carbocycles. The lowest BCUT2D eigenvalue weighted by molar-refractivity contribution is -0.130. The third kappa shape index (κ3) is 5.59. The van der Waals surface area contributed by atoms with Crippen LogP contribution in [0.4, 0.5) is 0 Å². The van der Waals surface area contributed by atoms with Crippen LogP contribution in [0.25, 0.3) is 0 Å². The molecule has 2 amide bonds. The Morgan fingerprint density at radius 1 is 1.26 bits per heavy atom. The maximum absolute atomic E-state index is 11.8. The van der Waals surface area contributed by atoms with Crippen LogP contribution < -0.4 is 11.1 Å². The molecule has 19 heavy (non-hydrogen) atoms. The van der Waals surface area contributed by atoms with Crippen LogP contribution >= 0.6 is 0 Å². The predicted molar refractivity (Wildman–Crippen MR) is 75.5 cm³/mol. The second kappa shape index (κ2) is 6.89. The van der Waals surface area contributed by atoms with Crippen molar-refractivity contribution >= 4 is 11.8 Å². The Kier molecular flexibility index (Phi) is 5.79. The number of hydrogen-bond donors (Lipinski definition) is 2. The highest BCUT2D eigenvalue weighted by molar-refractivity contribution is 5.79. The van der Waals surface area contributed by atoms with Gasteiger partial charge in [0.2, 0.25) is 11.8 Å². The van der Waals surface area contributed by atoms with Gasteiger partial charge >= 0.3 is 0 Å². The minimum atomic E-state index is -0.165. The van der Waals surface area contributed by atoms with E-state index in [2.05, 4.69) is 5.32 Å². The van der Waals surface area contributed by atoms with Gasteiger partial charge in [0.25, 0.3) is 0 Å². The van der Waals surface area contributed by atoms with E-state index in [1.807, 2.05) is 25.7 Å². The van der Waals surface area contributed by atoms with Crippen molar-refractivity contribution in [3.63, 3.8) is 0 Å². The highest BCUT2D eigenvalue weighted by atomic mass is 16.2. The molecule has 1 aliphatic rings. The molecule has 0 aromatic carbocycles. The van der Waals surface area contributed by atoms with Crippen LogP contribution in [-0.4, -0.2) is 42.4 Å². The average Bonchev–Trinajstić information content (AvgIpc) is 2.80. The fourth-order valence-corrected chi connectivity index (χ4v) is 2.01. The summed E-state index contributed by atoms with van der Waals surface area (Å²) in [5.74, 6) is 0.0644. The zero-order chi connectivity index (χ0) is 14.5. The monoisotopic (exact) mass is 269 g/mol. The van der Waals surface area contributed by atoms with E-state index in [9.17, 15) is 9.59 Å². The molecule has 0 aromatic heterocycles.